The summed E-state index contributed by atoms with van der Waals surface area (Å²) in [6.07, 6.45) is 0. The Morgan fingerprint density at radius 2 is 1.10 bits per heavy atom. The van der Waals surface area contributed by atoms with Crippen molar-refractivity contribution in [3.8, 4) is 0 Å². The van der Waals surface area contributed by atoms with Gasteiger partial charge in [-0.05, 0) is 0 Å². The van der Waals surface area contributed by atoms with Crippen LogP contribution in [-0.4, -0.2) is 55.0 Å². The molecule has 6 nitrogen and oxygen atoms in total. The normalized spacial score (nSPS) is 12.4. The van der Waals surface area contributed by atoms with Crippen LogP contribution in [0.5, 0.6) is 0 Å². The fraction of sp³-hybridized carbons (Fsp3) is 1.00. The van der Waals surface area contributed by atoms with Gasteiger partial charge in [-0.1, -0.05) is 0 Å². The third-order valence-electron chi connectivity index (χ3n) is 0.368. The molecule has 0 atom stereocenters. The van der Waals surface area contributed by atoms with Crippen LogP contribution in [0, 0.1) is 0 Å². The molecule has 10 heavy (non-hydrogen) atoms. The minimum atomic E-state index is -4.55. The third kappa shape index (κ3) is 12.0. The SMILES string of the molecule is O=P(O)(O)CP(=O)(O)O.[Na]. The average molecular weight is 199 g/mol. The summed E-state index contributed by atoms with van der Waals surface area (Å²) in [5.41, 5.74) is 0. The van der Waals surface area contributed by atoms with Gasteiger partial charge in [0.25, 0.3) is 0 Å². The molecule has 0 unspecified atom stereocenters. The first kappa shape index (κ1) is 13.9. The van der Waals surface area contributed by atoms with Gasteiger partial charge in [-0.25, -0.2) is 0 Å². The Kier molecular flexibility index (Phi) is 6.04. The standard InChI is InChI=1S/CH6O6P2.Na/c2-8(3,4)1-9(5,6)7;/h1H2,(H2,2,3,4)(H2,5,6,7);. The molecule has 0 aromatic carbocycles. The Morgan fingerprint density at radius 3 is 1.10 bits per heavy atom. The summed E-state index contributed by atoms with van der Waals surface area (Å²) in [7, 11) is -9.10. The van der Waals surface area contributed by atoms with E-state index in [-0.39, 0.29) is 29.6 Å². The topological polar surface area (TPSA) is 115 Å². The van der Waals surface area contributed by atoms with E-state index in [1.54, 1.807) is 0 Å². The molecule has 0 spiro atoms. The molecule has 9 heteroatoms. The minimum Gasteiger partial charge on any atom is -0.324 e. The van der Waals surface area contributed by atoms with Gasteiger partial charge >= 0.3 is 15.2 Å². The van der Waals surface area contributed by atoms with E-state index in [9.17, 15) is 9.13 Å². The van der Waals surface area contributed by atoms with Gasteiger partial charge < -0.3 is 19.6 Å². The van der Waals surface area contributed by atoms with E-state index in [0.717, 1.165) is 0 Å². The maximum absolute atomic E-state index is 9.85. The van der Waals surface area contributed by atoms with Crippen molar-refractivity contribution in [1.82, 2.24) is 0 Å². The van der Waals surface area contributed by atoms with Crippen LogP contribution >= 0.6 is 15.2 Å². The molecular weight excluding hydrogens is 193 g/mol. The van der Waals surface area contributed by atoms with Gasteiger partial charge in [-0.2, -0.15) is 0 Å². The first-order chi connectivity index (χ1) is 3.71. The molecule has 0 aliphatic rings. The number of hydrogen-bond acceptors (Lipinski definition) is 2. The molecule has 0 heterocycles. The van der Waals surface area contributed by atoms with Crippen molar-refractivity contribution in [2.75, 3.05) is 5.90 Å². The second-order valence-electron chi connectivity index (χ2n) is 1.47. The van der Waals surface area contributed by atoms with Crippen molar-refractivity contribution in [1.29, 1.82) is 0 Å². The summed E-state index contributed by atoms with van der Waals surface area (Å²) in [4.78, 5) is 31.9. The second-order valence-corrected chi connectivity index (χ2v) is 5.26. The summed E-state index contributed by atoms with van der Waals surface area (Å²) >= 11 is 0. The Morgan fingerprint density at radius 1 is 0.900 bits per heavy atom. The van der Waals surface area contributed by atoms with Crippen LogP contribution in [0.4, 0.5) is 0 Å². The average Bonchev–Trinajstić information content (AvgIpc) is 1.14. The van der Waals surface area contributed by atoms with Crippen LogP contribution < -0.4 is 0 Å². The monoisotopic (exact) mass is 199 g/mol. The molecule has 57 valence electrons. The van der Waals surface area contributed by atoms with Crippen molar-refractivity contribution in [3.05, 3.63) is 0 Å². The van der Waals surface area contributed by atoms with Crippen molar-refractivity contribution in [2.24, 2.45) is 0 Å². The predicted octanol–water partition coefficient (Wildman–Crippen LogP) is -1.08. The Bertz CT molecular complexity index is 156. The van der Waals surface area contributed by atoms with Crippen molar-refractivity contribution < 1.29 is 28.7 Å². The first-order valence-corrected chi connectivity index (χ1v) is 5.39. The molecule has 0 aromatic rings. The Balaban J connectivity index is 0. The van der Waals surface area contributed by atoms with Gasteiger partial charge in [0, 0.05) is 29.6 Å². The number of rotatable bonds is 2. The smallest absolute Gasteiger partial charge is 0.324 e. The maximum Gasteiger partial charge on any atom is 0.337 e. The van der Waals surface area contributed by atoms with E-state index in [4.69, 9.17) is 19.6 Å². The van der Waals surface area contributed by atoms with Crippen molar-refractivity contribution in [3.63, 3.8) is 0 Å². The molecule has 0 saturated carbocycles. The molecule has 4 N–H and O–H groups in total. The molecule has 0 aromatic heterocycles. The molecule has 0 aliphatic heterocycles. The summed E-state index contributed by atoms with van der Waals surface area (Å²) < 4.78 is 19.7. The first-order valence-electron chi connectivity index (χ1n) is 1.80. The van der Waals surface area contributed by atoms with Crippen LogP contribution in [0.1, 0.15) is 0 Å². The zero-order chi connectivity index (χ0) is 7.71. The zero-order valence-corrected chi connectivity index (χ0v) is 9.00. The van der Waals surface area contributed by atoms with E-state index >= 15 is 0 Å². The zero-order valence-electron chi connectivity index (χ0n) is 5.21. The van der Waals surface area contributed by atoms with Crippen LogP contribution in [0.2, 0.25) is 0 Å². The van der Waals surface area contributed by atoms with Gasteiger partial charge in [-0.3, -0.25) is 9.13 Å². The van der Waals surface area contributed by atoms with Gasteiger partial charge in [0.2, 0.25) is 0 Å². The number of hydrogen-bond donors (Lipinski definition) is 4. The summed E-state index contributed by atoms with van der Waals surface area (Å²) in [6.45, 7) is 0. The molecular formula is CH6NaO6P2. The van der Waals surface area contributed by atoms with Crippen LogP contribution in [0.25, 0.3) is 0 Å². The van der Waals surface area contributed by atoms with E-state index in [2.05, 4.69) is 0 Å². The van der Waals surface area contributed by atoms with E-state index in [1.165, 1.54) is 0 Å². The summed E-state index contributed by atoms with van der Waals surface area (Å²) in [5.74, 6) is -1.38. The van der Waals surface area contributed by atoms with Crippen LogP contribution in [-0.2, 0) is 9.13 Å². The summed E-state index contributed by atoms with van der Waals surface area (Å²) in [5, 5.41) is 0. The maximum atomic E-state index is 9.85. The van der Waals surface area contributed by atoms with Crippen molar-refractivity contribution >= 4 is 44.7 Å². The van der Waals surface area contributed by atoms with Crippen LogP contribution in [0.3, 0.4) is 0 Å². The fourth-order valence-corrected chi connectivity index (χ4v) is 2.16. The fourth-order valence-electron chi connectivity index (χ4n) is 0.240. The van der Waals surface area contributed by atoms with Crippen LogP contribution in [0.15, 0.2) is 0 Å². The molecule has 0 saturated heterocycles. The molecule has 0 rings (SSSR count). The quantitative estimate of drug-likeness (QED) is 0.332. The van der Waals surface area contributed by atoms with Crippen molar-refractivity contribution in [2.45, 2.75) is 0 Å². The predicted molar refractivity (Wildman–Crippen MR) is 34.7 cm³/mol. The van der Waals surface area contributed by atoms with Gasteiger partial charge in [0.05, 0.1) is 0 Å². The molecule has 0 fully saturated rings. The largest absolute Gasteiger partial charge is 0.337 e. The molecule has 0 aliphatic carbocycles. The summed E-state index contributed by atoms with van der Waals surface area (Å²) in [6, 6.07) is 0. The Labute approximate surface area is 79.3 Å². The molecule has 0 bridgehead atoms. The Hall–Kier alpha value is 1.30. The van der Waals surface area contributed by atoms with Gasteiger partial charge in [0.1, 0.15) is 0 Å². The molecule has 0 amide bonds. The third-order valence-corrected chi connectivity index (χ3v) is 3.32. The van der Waals surface area contributed by atoms with Gasteiger partial charge in [-0.15, -0.1) is 0 Å². The van der Waals surface area contributed by atoms with E-state index in [0.29, 0.717) is 0 Å². The second kappa shape index (κ2) is 4.36. The van der Waals surface area contributed by atoms with E-state index in [1.807, 2.05) is 0 Å². The van der Waals surface area contributed by atoms with Gasteiger partial charge in [0.15, 0.2) is 5.90 Å². The minimum absolute atomic E-state index is 0. The van der Waals surface area contributed by atoms with E-state index < -0.39 is 21.1 Å². The molecule has 1 radical (unpaired) electrons.